The Morgan fingerprint density at radius 3 is 2.00 bits per heavy atom. The third kappa shape index (κ3) is 3.05. The Bertz CT molecular complexity index is 239. The molecule has 0 bridgehead atoms. The molecule has 0 unspecified atom stereocenters. The fourth-order valence-corrected chi connectivity index (χ4v) is 1.25. The summed E-state index contributed by atoms with van der Waals surface area (Å²) < 4.78 is 0. The molecule has 6 N–H and O–H groups in total. The van der Waals surface area contributed by atoms with Crippen molar-refractivity contribution in [2.75, 3.05) is 18.8 Å². The summed E-state index contributed by atoms with van der Waals surface area (Å²) in [6.07, 6.45) is 0.938. The minimum absolute atomic E-state index is 0.378. The van der Waals surface area contributed by atoms with Crippen molar-refractivity contribution in [3.63, 3.8) is 0 Å². The fourth-order valence-electron chi connectivity index (χ4n) is 1.25. The largest absolute Gasteiger partial charge is 0.399 e. The lowest BCUT2D eigenvalue weighted by Crippen LogP contribution is -2.25. The number of hydrogen-bond donors (Lipinski definition) is 3. The lowest BCUT2D eigenvalue weighted by atomic mass is 9.99. The molecule has 0 saturated carbocycles. The monoisotopic (exact) mass is 179 g/mol. The van der Waals surface area contributed by atoms with Crippen molar-refractivity contribution in [3.05, 3.63) is 29.8 Å². The first-order chi connectivity index (χ1) is 6.26. The van der Waals surface area contributed by atoms with Crippen LogP contribution in [0.2, 0.25) is 0 Å². The van der Waals surface area contributed by atoms with Crippen molar-refractivity contribution < 1.29 is 0 Å². The van der Waals surface area contributed by atoms with Crippen LogP contribution < -0.4 is 17.2 Å². The summed E-state index contributed by atoms with van der Waals surface area (Å²) in [7, 11) is 0. The molecule has 13 heavy (non-hydrogen) atoms. The van der Waals surface area contributed by atoms with Crippen molar-refractivity contribution in [2.45, 2.75) is 6.42 Å². The van der Waals surface area contributed by atoms with Gasteiger partial charge >= 0.3 is 0 Å². The van der Waals surface area contributed by atoms with Crippen molar-refractivity contribution >= 4 is 5.69 Å². The molecule has 0 aliphatic heterocycles. The summed E-state index contributed by atoms with van der Waals surface area (Å²) in [5, 5.41) is 0. The van der Waals surface area contributed by atoms with Crippen molar-refractivity contribution in [1.82, 2.24) is 0 Å². The molecule has 0 aliphatic carbocycles. The zero-order valence-electron chi connectivity index (χ0n) is 7.74. The van der Waals surface area contributed by atoms with E-state index in [-0.39, 0.29) is 0 Å². The predicted octanol–water partition coefficient (Wildman–Crippen LogP) is 0.345. The van der Waals surface area contributed by atoms with Crippen LogP contribution in [0.5, 0.6) is 0 Å². The van der Waals surface area contributed by atoms with E-state index < -0.39 is 0 Å². The van der Waals surface area contributed by atoms with Crippen molar-refractivity contribution in [3.8, 4) is 0 Å². The number of benzene rings is 1. The molecular weight excluding hydrogens is 162 g/mol. The summed E-state index contributed by atoms with van der Waals surface area (Å²) in [5.74, 6) is 0.378. The molecule has 1 aromatic carbocycles. The Morgan fingerprint density at radius 1 is 1.00 bits per heavy atom. The maximum atomic E-state index is 5.57. The number of hydrogen-bond acceptors (Lipinski definition) is 3. The zero-order valence-corrected chi connectivity index (χ0v) is 7.74. The first-order valence-electron chi connectivity index (χ1n) is 4.50. The van der Waals surface area contributed by atoms with Gasteiger partial charge < -0.3 is 17.2 Å². The molecule has 0 amide bonds. The third-order valence-corrected chi connectivity index (χ3v) is 2.17. The van der Waals surface area contributed by atoms with Crippen LogP contribution in [0.15, 0.2) is 24.3 Å². The zero-order chi connectivity index (χ0) is 9.68. The van der Waals surface area contributed by atoms with Gasteiger partial charge in [-0.3, -0.25) is 0 Å². The van der Waals surface area contributed by atoms with Gasteiger partial charge in [-0.15, -0.1) is 0 Å². The highest BCUT2D eigenvalue weighted by Gasteiger charge is 2.04. The van der Waals surface area contributed by atoms with Crippen LogP contribution in [-0.4, -0.2) is 13.1 Å². The quantitative estimate of drug-likeness (QED) is 0.583. The summed E-state index contributed by atoms with van der Waals surface area (Å²) >= 11 is 0. The highest BCUT2D eigenvalue weighted by atomic mass is 14.6. The first-order valence-corrected chi connectivity index (χ1v) is 4.50. The maximum Gasteiger partial charge on any atom is 0.0314 e. The number of rotatable bonds is 4. The normalized spacial score (nSPS) is 10.7. The van der Waals surface area contributed by atoms with Gasteiger partial charge in [0.1, 0.15) is 0 Å². The molecular formula is C10H17N3. The van der Waals surface area contributed by atoms with E-state index in [1.807, 2.05) is 24.3 Å². The van der Waals surface area contributed by atoms with E-state index in [1.54, 1.807) is 0 Å². The second kappa shape index (κ2) is 4.84. The highest BCUT2D eigenvalue weighted by Crippen LogP contribution is 2.09. The van der Waals surface area contributed by atoms with Crippen molar-refractivity contribution in [2.24, 2.45) is 17.4 Å². The SMILES string of the molecule is NCC(CN)Cc1ccc(N)cc1. The molecule has 0 fully saturated rings. The lowest BCUT2D eigenvalue weighted by Gasteiger charge is -2.11. The van der Waals surface area contributed by atoms with Crippen molar-refractivity contribution in [1.29, 1.82) is 0 Å². The molecule has 0 aliphatic rings. The average Bonchev–Trinajstić information content (AvgIpc) is 2.17. The van der Waals surface area contributed by atoms with Crippen LogP contribution in [-0.2, 0) is 6.42 Å². The third-order valence-electron chi connectivity index (χ3n) is 2.17. The highest BCUT2D eigenvalue weighted by molar-refractivity contribution is 5.39. The molecule has 0 spiro atoms. The van der Waals surface area contributed by atoms with Crippen LogP contribution in [0.25, 0.3) is 0 Å². The van der Waals surface area contributed by atoms with Crippen LogP contribution >= 0.6 is 0 Å². The smallest absolute Gasteiger partial charge is 0.0314 e. The molecule has 0 saturated heterocycles. The summed E-state index contributed by atoms with van der Waals surface area (Å²) in [6, 6.07) is 7.85. The molecule has 72 valence electrons. The first kappa shape index (κ1) is 10.0. The van der Waals surface area contributed by atoms with Gasteiger partial charge in [0.05, 0.1) is 0 Å². The molecule has 3 heteroatoms. The Labute approximate surface area is 78.9 Å². The van der Waals surface area contributed by atoms with E-state index in [0.717, 1.165) is 12.1 Å². The molecule has 1 aromatic rings. The summed E-state index contributed by atoms with van der Waals surface area (Å²) in [6.45, 7) is 1.28. The Hall–Kier alpha value is -1.06. The van der Waals surface area contributed by atoms with Gasteiger partial charge in [0.2, 0.25) is 0 Å². The molecule has 0 heterocycles. The molecule has 0 atom stereocenters. The molecule has 0 radical (unpaired) electrons. The minimum atomic E-state index is 0.378. The second-order valence-corrected chi connectivity index (χ2v) is 3.28. The van der Waals surface area contributed by atoms with Gasteiger partial charge in [0, 0.05) is 5.69 Å². The predicted molar refractivity (Wildman–Crippen MR) is 56.2 cm³/mol. The Balaban J connectivity index is 2.58. The van der Waals surface area contributed by atoms with Crippen LogP contribution in [0, 0.1) is 5.92 Å². The van der Waals surface area contributed by atoms with E-state index in [1.165, 1.54) is 5.56 Å². The van der Waals surface area contributed by atoms with E-state index in [0.29, 0.717) is 19.0 Å². The standard InChI is InChI=1S/C10H17N3/c11-6-9(7-12)5-8-1-3-10(13)4-2-8/h1-4,9H,5-7,11-13H2. The van der Waals surface area contributed by atoms with E-state index in [9.17, 15) is 0 Å². The fraction of sp³-hybridized carbons (Fsp3) is 0.400. The summed E-state index contributed by atoms with van der Waals surface area (Å²) in [5.41, 5.74) is 18.7. The minimum Gasteiger partial charge on any atom is -0.399 e. The van der Waals surface area contributed by atoms with Gasteiger partial charge in [-0.25, -0.2) is 0 Å². The molecule has 3 nitrogen and oxygen atoms in total. The topological polar surface area (TPSA) is 78.1 Å². The Kier molecular flexibility index (Phi) is 3.73. The Morgan fingerprint density at radius 2 is 1.54 bits per heavy atom. The van der Waals surface area contributed by atoms with E-state index in [2.05, 4.69) is 0 Å². The van der Waals surface area contributed by atoms with E-state index in [4.69, 9.17) is 17.2 Å². The van der Waals surface area contributed by atoms with Crippen LogP contribution in [0.1, 0.15) is 5.56 Å². The van der Waals surface area contributed by atoms with Crippen LogP contribution in [0.4, 0.5) is 5.69 Å². The maximum absolute atomic E-state index is 5.57. The molecule has 0 aromatic heterocycles. The lowest BCUT2D eigenvalue weighted by molar-refractivity contribution is 0.548. The second-order valence-electron chi connectivity index (χ2n) is 3.28. The van der Waals surface area contributed by atoms with Gasteiger partial charge in [-0.05, 0) is 43.1 Å². The van der Waals surface area contributed by atoms with Gasteiger partial charge in [-0.1, -0.05) is 12.1 Å². The van der Waals surface area contributed by atoms with Gasteiger partial charge in [0.25, 0.3) is 0 Å². The van der Waals surface area contributed by atoms with E-state index >= 15 is 0 Å². The molecule has 1 rings (SSSR count). The number of nitrogens with two attached hydrogens (primary N) is 3. The van der Waals surface area contributed by atoms with Gasteiger partial charge in [-0.2, -0.15) is 0 Å². The number of nitrogen functional groups attached to an aromatic ring is 1. The average molecular weight is 179 g/mol. The van der Waals surface area contributed by atoms with Crippen LogP contribution in [0.3, 0.4) is 0 Å². The summed E-state index contributed by atoms with van der Waals surface area (Å²) in [4.78, 5) is 0. The number of anilines is 1. The van der Waals surface area contributed by atoms with Gasteiger partial charge in [0.15, 0.2) is 0 Å².